The lowest BCUT2D eigenvalue weighted by Crippen LogP contribution is -2.25. The number of carbonyl (C=O) groups excluding carboxylic acids is 1. The van der Waals surface area contributed by atoms with E-state index in [-0.39, 0.29) is 13.2 Å². The number of carbonyl (C=O) groups is 1. The van der Waals surface area contributed by atoms with Crippen LogP contribution < -0.4 is 10.2 Å². The molecule has 1 saturated heterocycles. The number of aryl methyl sites for hydroxylation is 1. The van der Waals surface area contributed by atoms with Gasteiger partial charge in [0.1, 0.15) is 17.7 Å². The van der Waals surface area contributed by atoms with Crippen molar-refractivity contribution in [1.82, 2.24) is 14.8 Å². The first-order valence-corrected chi connectivity index (χ1v) is 11.7. The van der Waals surface area contributed by atoms with Crippen molar-refractivity contribution >= 4 is 31.0 Å². The minimum atomic E-state index is -3.69. The van der Waals surface area contributed by atoms with Gasteiger partial charge >= 0.3 is 13.7 Å². The number of rotatable bonds is 7. The first-order valence-electron chi connectivity index (χ1n) is 9.63. The number of anilines is 3. The molecule has 0 radical (unpaired) electrons. The summed E-state index contributed by atoms with van der Waals surface area (Å²) in [7, 11) is -1.88. The van der Waals surface area contributed by atoms with Crippen LogP contribution in [0.25, 0.3) is 11.1 Å². The van der Waals surface area contributed by atoms with Crippen molar-refractivity contribution in [2.75, 3.05) is 30.0 Å². The van der Waals surface area contributed by atoms with Gasteiger partial charge in [-0.2, -0.15) is 5.10 Å². The van der Waals surface area contributed by atoms with E-state index in [0.717, 1.165) is 6.66 Å². The number of nitrogens with one attached hydrogen (secondary N) is 1. The van der Waals surface area contributed by atoms with E-state index in [9.17, 15) is 18.6 Å². The molecule has 2 atom stereocenters. The van der Waals surface area contributed by atoms with E-state index in [1.54, 1.807) is 47.4 Å². The summed E-state index contributed by atoms with van der Waals surface area (Å²) in [4.78, 5) is 26.9. The van der Waals surface area contributed by atoms with Gasteiger partial charge in [-0.05, 0) is 30.3 Å². The Labute approximate surface area is 183 Å². The Kier molecular flexibility index (Phi) is 5.96. The molecule has 0 aliphatic carbocycles. The zero-order valence-electron chi connectivity index (χ0n) is 17.3. The van der Waals surface area contributed by atoms with Crippen LogP contribution in [0.4, 0.5) is 26.5 Å². The van der Waals surface area contributed by atoms with Crippen molar-refractivity contribution in [1.29, 1.82) is 0 Å². The largest absolute Gasteiger partial charge is 0.441 e. The minimum absolute atomic E-state index is 0.0765. The molecule has 0 spiro atoms. The molecule has 1 unspecified atom stereocenters. The van der Waals surface area contributed by atoms with Crippen LogP contribution in [-0.4, -0.2) is 51.7 Å². The van der Waals surface area contributed by atoms with Gasteiger partial charge in [-0.3, -0.25) is 14.1 Å². The van der Waals surface area contributed by atoms with Gasteiger partial charge in [-0.15, -0.1) is 0 Å². The summed E-state index contributed by atoms with van der Waals surface area (Å²) in [6.07, 6.45) is 1.93. The molecule has 0 bridgehead atoms. The molecule has 2 aromatic heterocycles. The highest BCUT2D eigenvalue weighted by Gasteiger charge is 2.34. The maximum absolute atomic E-state index is 14.8. The van der Waals surface area contributed by atoms with E-state index < -0.39 is 25.6 Å². The van der Waals surface area contributed by atoms with Crippen molar-refractivity contribution in [3.8, 4) is 11.1 Å². The number of ether oxygens (including phenoxy) is 1. The van der Waals surface area contributed by atoms with Crippen LogP contribution in [0.5, 0.6) is 0 Å². The highest BCUT2D eigenvalue weighted by Crippen LogP contribution is 2.37. The fourth-order valence-corrected chi connectivity index (χ4v) is 3.63. The van der Waals surface area contributed by atoms with Crippen molar-refractivity contribution in [3.63, 3.8) is 0 Å². The van der Waals surface area contributed by atoms with Gasteiger partial charge in [0.15, 0.2) is 5.82 Å². The van der Waals surface area contributed by atoms with Gasteiger partial charge in [0.25, 0.3) is 0 Å². The third-order valence-electron chi connectivity index (χ3n) is 4.68. The zero-order chi connectivity index (χ0) is 22.9. The van der Waals surface area contributed by atoms with Crippen LogP contribution in [0.2, 0.25) is 0 Å². The first kappa shape index (κ1) is 21.9. The van der Waals surface area contributed by atoms with Crippen molar-refractivity contribution in [2.24, 2.45) is 7.05 Å². The molecule has 1 amide bonds. The lowest BCUT2D eigenvalue weighted by atomic mass is 10.1. The highest BCUT2D eigenvalue weighted by molar-refractivity contribution is 7.51. The molecule has 12 heteroatoms. The topological polar surface area (TPSA) is 119 Å². The standard InChI is InChI=1S/C20H21FN5O5P/c1-25-8-7-19(24-25)23-18-6-3-13(10-22-18)16-5-4-14(9-17(16)21)26-11-15(31-20(26)27)12-30-32(2,28)29/h3-10,15H,11-12H2,1-2H3,(H,28,29)(H,22,23,24)/t15-/m1/s1. The van der Waals surface area contributed by atoms with E-state index in [1.165, 1.54) is 11.0 Å². The maximum Gasteiger partial charge on any atom is 0.414 e. The maximum atomic E-state index is 14.8. The number of amides is 1. The molecule has 32 heavy (non-hydrogen) atoms. The monoisotopic (exact) mass is 461 g/mol. The van der Waals surface area contributed by atoms with Crippen molar-refractivity contribution in [2.45, 2.75) is 6.10 Å². The predicted molar refractivity (Wildman–Crippen MR) is 115 cm³/mol. The van der Waals surface area contributed by atoms with E-state index >= 15 is 0 Å². The first-order chi connectivity index (χ1) is 15.2. The number of hydrogen-bond donors (Lipinski definition) is 2. The molecule has 0 saturated carbocycles. The SMILES string of the molecule is Cn1ccc(Nc2ccc(-c3ccc(N4C[C@H](COP(C)(=O)O)OC4=O)cc3F)cn2)n1. The number of pyridine rings is 1. The molecule has 1 fully saturated rings. The Morgan fingerprint density at radius 2 is 2.12 bits per heavy atom. The molecule has 168 valence electrons. The molecule has 3 heterocycles. The summed E-state index contributed by atoms with van der Waals surface area (Å²) in [5.74, 6) is 0.679. The van der Waals surface area contributed by atoms with Gasteiger partial charge in [-0.25, -0.2) is 14.2 Å². The second kappa shape index (κ2) is 8.70. The second-order valence-corrected chi connectivity index (χ2v) is 9.18. The predicted octanol–water partition coefficient (Wildman–Crippen LogP) is 3.52. The molecule has 4 rings (SSSR count). The van der Waals surface area contributed by atoms with E-state index in [0.29, 0.717) is 28.5 Å². The summed E-state index contributed by atoms with van der Waals surface area (Å²) < 4.78 is 37.7. The third kappa shape index (κ3) is 5.13. The number of benzene rings is 1. The Morgan fingerprint density at radius 1 is 1.31 bits per heavy atom. The quantitative estimate of drug-likeness (QED) is 0.513. The van der Waals surface area contributed by atoms with Crippen LogP contribution in [0, 0.1) is 5.82 Å². The number of cyclic esters (lactones) is 1. The summed E-state index contributed by atoms with van der Waals surface area (Å²) in [5.41, 5.74) is 1.20. The zero-order valence-corrected chi connectivity index (χ0v) is 18.2. The fraction of sp³-hybridized carbons (Fsp3) is 0.250. The van der Waals surface area contributed by atoms with Crippen molar-refractivity contribution in [3.05, 3.63) is 54.6 Å². The Hall–Kier alpha value is -3.27. The van der Waals surface area contributed by atoms with Crippen LogP contribution in [0.1, 0.15) is 0 Å². The molecule has 1 aliphatic heterocycles. The van der Waals surface area contributed by atoms with Gasteiger partial charge in [0.2, 0.25) is 0 Å². The fourth-order valence-electron chi connectivity index (χ4n) is 3.19. The van der Waals surface area contributed by atoms with Crippen LogP contribution in [0.15, 0.2) is 48.8 Å². The average molecular weight is 461 g/mol. The molecular weight excluding hydrogens is 440 g/mol. The number of nitrogens with zero attached hydrogens (tertiary/aromatic N) is 4. The van der Waals surface area contributed by atoms with Crippen LogP contribution in [-0.2, 0) is 20.9 Å². The van der Waals surface area contributed by atoms with Gasteiger partial charge < -0.3 is 19.5 Å². The Morgan fingerprint density at radius 3 is 2.75 bits per heavy atom. The lowest BCUT2D eigenvalue weighted by molar-refractivity contribution is 0.100. The second-order valence-electron chi connectivity index (χ2n) is 7.31. The Bertz CT molecular complexity index is 1180. The van der Waals surface area contributed by atoms with Crippen LogP contribution >= 0.6 is 7.60 Å². The summed E-state index contributed by atoms with van der Waals surface area (Å²) >= 11 is 0. The minimum Gasteiger partial charge on any atom is -0.441 e. The van der Waals surface area contributed by atoms with Crippen LogP contribution in [0.3, 0.4) is 0 Å². The molecular formula is C20H21FN5O5P. The molecule has 3 aromatic rings. The molecule has 2 N–H and O–H groups in total. The van der Waals surface area contributed by atoms with Gasteiger partial charge in [-0.1, -0.05) is 0 Å². The van der Waals surface area contributed by atoms with Crippen molar-refractivity contribution < 1.29 is 27.9 Å². The molecule has 1 aromatic carbocycles. The number of halogens is 1. The molecule has 10 nitrogen and oxygen atoms in total. The lowest BCUT2D eigenvalue weighted by Gasteiger charge is -2.15. The van der Waals surface area contributed by atoms with E-state index in [4.69, 9.17) is 9.26 Å². The normalized spacial score (nSPS) is 17.8. The molecule has 1 aliphatic rings. The van der Waals surface area contributed by atoms with E-state index in [1.807, 2.05) is 7.05 Å². The number of hydrogen-bond acceptors (Lipinski definition) is 7. The smallest absolute Gasteiger partial charge is 0.414 e. The summed E-state index contributed by atoms with van der Waals surface area (Å²) in [6.45, 7) is 0.899. The number of aromatic nitrogens is 3. The summed E-state index contributed by atoms with van der Waals surface area (Å²) in [5, 5.41) is 7.27. The average Bonchev–Trinajstić information content (AvgIpc) is 3.31. The summed E-state index contributed by atoms with van der Waals surface area (Å²) in [6, 6.07) is 9.63. The van der Waals surface area contributed by atoms with Gasteiger partial charge in [0, 0.05) is 43.3 Å². The third-order valence-corrected chi connectivity index (χ3v) is 5.31. The Balaban J connectivity index is 1.45. The van der Waals surface area contributed by atoms with Gasteiger partial charge in [0.05, 0.1) is 18.8 Å². The highest BCUT2D eigenvalue weighted by atomic mass is 31.2. The van der Waals surface area contributed by atoms with E-state index in [2.05, 4.69) is 15.4 Å².